The monoisotopic (exact) mass is 277 g/mol. The lowest BCUT2D eigenvalue weighted by atomic mass is 10.1. The van der Waals surface area contributed by atoms with Gasteiger partial charge in [-0.2, -0.15) is 0 Å². The van der Waals surface area contributed by atoms with Crippen LogP contribution in [0.2, 0.25) is 0 Å². The van der Waals surface area contributed by atoms with E-state index in [0.29, 0.717) is 10.8 Å². The van der Waals surface area contributed by atoms with Crippen molar-refractivity contribution in [3.63, 3.8) is 0 Å². The highest BCUT2D eigenvalue weighted by Crippen LogP contribution is 2.33. The molecule has 0 aliphatic rings. The molecule has 0 fully saturated rings. The summed E-state index contributed by atoms with van der Waals surface area (Å²) in [5.41, 5.74) is -0.796. The molecule has 2 rings (SSSR count). The van der Waals surface area contributed by atoms with E-state index >= 15 is 0 Å². The lowest BCUT2D eigenvalue weighted by Crippen LogP contribution is -2.27. The minimum Gasteiger partial charge on any atom is -0.504 e. The van der Waals surface area contributed by atoms with Crippen molar-refractivity contribution in [2.45, 2.75) is 26.4 Å². The van der Waals surface area contributed by atoms with E-state index in [1.54, 1.807) is 45.0 Å². The summed E-state index contributed by atoms with van der Waals surface area (Å²) in [6, 6.07) is 8.23. The number of carbonyl (C=O) groups is 1. The van der Waals surface area contributed by atoms with Crippen LogP contribution in [0.3, 0.4) is 0 Å². The lowest BCUT2D eigenvalue weighted by molar-refractivity contribution is 0.0635. The van der Waals surface area contributed by atoms with Gasteiger partial charge in [0.05, 0.1) is 5.69 Å². The van der Waals surface area contributed by atoms with E-state index in [1.807, 2.05) is 0 Å². The zero-order valence-corrected chi connectivity index (χ0v) is 11.5. The third-order valence-electron chi connectivity index (χ3n) is 2.60. The third kappa shape index (κ3) is 2.99. The number of ether oxygens (including phenoxy) is 1. The van der Waals surface area contributed by atoms with Gasteiger partial charge in [0.15, 0.2) is 11.6 Å². The van der Waals surface area contributed by atoms with Crippen molar-refractivity contribution < 1.29 is 19.0 Å². The lowest BCUT2D eigenvalue weighted by Gasteiger charge is -2.20. The number of aromatic hydroxyl groups is 1. The molecule has 0 aromatic heterocycles. The van der Waals surface area contributed by atoms with Crippen molar-refractivity contribution in [1.82, 2.24) is 0 Å². The molecule has 2 N–H and O–H groups in total. The van der Waals surface area contributed by atoms with Gasteiger partial charge in [-0.05, 0) is 32.2 Å². The fraction of sp³-hybridized carbons (Fsp3) is 0.267. The minimum atomic E-state index is -0.880. The van der Waals surface area contributed by atoms with Crippen molar-refractivity contribution >= 4 is 22.6 Å². The van der Waals surface area contributed by atoms with Gasteiger partial charge in [-0.1, -0.05) is 24.3 Å². The van der Waals surface area contributed by atoms with Crippen LogP contribution in [-0.2, 0) is 4.74 Å². The van der Waals surface area contributed by atoms with Crippen LogP contribution in [0.1, 0.15) is 20.8 Å². The zero-order valence-electron chi connectivity index (χ0n) is 11.5. The molecule has 0 bridgehead atoms. The van der Waals surface area contributed by atoms with Crippen LogP contribution in [0.15, 0.2) is 30.3 Å². The number of amides is 1. The zero-order chi connectivity index (χ0) is 14.9. The largest absolute Gasteiger partial charge is 0.504 e. The smallest absolute Gasteiger partial charge is 0.412 e. The SMILES string of the molecule is CC(C)(C)OC(=O)Nc1cc2ccccc2c(O)c1F. The number of phenols is 1. The molecule has 0 saturated carbocycles. The Morgan fingerprint density at radius 2 is 1.95 bits per heavy atom. The molecule has 1 amide bonds. The molecule has 0 unspecified atom stereocenters. The summed E-state index contributed by atoms with van der Waals surface area (Å²) < 4.78 is 19.1. The summed E-state index contributed by atoms with van der Waals surface area (Å²) in [5, 5.41) is 13.1. The van der Waals surface area contributed by atoms with Gasteiger partial charge in [-0.3, -0.25) is 5.32 Å². The van der Waals surface area contributed by atoms with E-state index in [4.69, 9.17) is 4.74 Å². The van der Waals surface area contributed by atoms with Gasteiger partial charge in [0.1, 0.15) is 5.60 Å². The number of anilines is 1. The fourth-order valence-corrected chi connectivity index (χ4v) is 1.81. The van der Waals surface area contributed by atoms with Gasteiger partial charge in [0, 0.05) is 5.39 Å². The van der Waals surface area contributed by atoms with Crippen molar-refractivity contribution in [1.29, 1.82) is 0 Å². The third-order valence-corrected chi connectivity index (χ3v) is 2.60. The van der Waals surface area contributed by atoms with Crippen LogP contribution in [0.25, 0.3) is 10.8 Å². The van der Waals surface area contributed by atoms with Gasteiger partial charge in [-0.15, -0.1) is 0 Å². The molecule has 20 heavy (non-hydrogen) atoms. The van der Waals surface area contributed by atoms with E-state index in [9.17, 15) is 14.3 Å². The molecular weight excluding hydrogens is 261 g/mol. The number of hydrogen-bond donors (Lipinski definition) is 2. The number of carbonyl (C=O) groups excluding carboxylic acids is 1. The number of benzene rings is 2. The molecule has 0 aliphatic carbocycles. The van der Waals surface area contributed by atoms with E-state index in [2.05, 4.69) is 5.32 Å². The second kappa shape index (κ2) is 5.00. The Morgan fingerprint density at radius 3 is 2.60 bits per heavy atom. The van der Waals surface area contributed by atoms with E-state index in [-0.39, 0.29) is 5.69 Å². The molecule has 0 radical (unpaired) electrons. The van der Waals surface area contributed by atoms with Crippen molar-refractivity contribution in [3.05, 3.63) is 36.1 Å². The Morgan fingerprint density at radius 1 is 1.30 bits per heavy atom. The predicted octanol–water partition coefficient (Wildman–Crippen LogP) is 4.03. The maximum absolute atomic E-state index is 14.0. The minimum absolute atomic E-state index is 0.115. The number of halogens is 1. The Balaban J connectivity index is 2.35. The summed E-state index contributed by atoms with van der Waals surface area (Å²) in [6.07, 6.45) is -0.772. The second-order valence-corrected chi connectivity index (χ2v) is 5.43. The highest BCUT2D eigenvalue weighted by atomic mass is 19.1. The summed E-state index contributed by atoms with van der Waals surface area (Å²) in [4.78, 5) is 11.6. The molecule has 5 heteroatoms. The number of phenolic OH excluding ortho intramolecular Hbond substituents is 1. The van der Waals surface area contributed by atoms with E-state index < -0.39 is 23.3 Å². The molecule has 4 nitrogen and oxygen atoms in total. The molecule has 2 aromatic rings. The van der Waals surface area contributed by atoms with Crippen LogP contribution in [0.5, 0.6) is 5.75 Å². The Hall–Kier alpha value is -2.30. The Kier molecular flexibility index (Phi) is 3.53. The van der Waals surface area contributed by atoms with E-state index in [0.717, 1.165) is 0 Å². The molecule has 2 aromatic carbocycles. The Bertz CT molecular complexity index is 662. The van der Waals surface area contributed by atoms with Crippen LogP contribution >= 0.6 is 0 Å². The number of hydrogen-bond acceptors (Lipinski definition) is 3. The molecule has 0 spiro atoms. The first kappa shape index (κ1) is 14.1. The highest BCUT2D eigenvalue weighted by molar-refractivity contribution is 5.95. The number of nitrogens with one attached hydrogen (secondary N) is 1. The summed E-state index contributed by atoms with van der Waals surface area (Å²) >= 11 is 0. The van der Waals surface area contributed by atoms with Gasteiger partial charge in [0.25, 0.3) is 0 Å². The van der Waals surface area contributed by atoms with Crippen LogP contribution < -0.4 is 5.32 Å². The van der Waals surface area contributed by atoms with Crippen LogP contribution in [0, 0.1) is 5.82 Å². The molecular formula is C15H16FNO3. The number of rotatable bonds is 1. The van der Waals surface area contributed by atoms with E-state index in [1.165, 1.54) is 6.07 Å². The summed E-state index contributed by atoms with van der Waals surface area (Å²) in [6.45, 7) is 5.13. The highest BCUT2D eigenvalue weighted by Gasteiger charge is 2.19. The summed E-state index contributed by atoms with van der Waals surface area (Å²) in [5.74, 6) is -1.37. The molecule has 0 saturated heterocycles. The van der Waals surface area contributed by atoms with Gasteiger partial charge in [-0.25, -0.2) is 9.18 Å². The normalized spacial score (nSPS) is 11.4. The topological polar surface area (TPSA) is 58.6 Å². The van der Waals surface area contributed by atoms with Crippen LogP contribution in [-0.4, -0.2) is 16.8 Å². The molecule has 106 valence electrons. The first-order chi connectivity index (χ1) is 9.28. The fourth-order valence-electron chi connectivity index (χ4n) is 1.81. The first-order valence-corrected chi connectivity index (χ1v) is 6.18. The van der Waals surface area contributed by atoms with Gasteiger partial charge in [0.2, 0.25) is 0 Å². The second-order valence-electron chi connectivity index (χ2n) is 5.43. The van der Waals surface area contributed by atoms with Crippen molar-refractivity contribution in [2.75, 3.05) is 5.32 Å². The molecule has 0 heterocycles. The van der Waals surface area contributed by atoms with Crippen molar-refractivity contribution in [3.8, 4) is 5.75 Å². The molecule has 0 aliphatic heterocycles. The van der Waals surface area contributed by atoms with Gasteiger partial charge < -0.3 is 9.84 Å². The average Bonchev–Trinajstić information content (AvgIpc) is 2.33. The maximum atomic E-state index is 14.0. The predicted molar refractivity (Wildman–Crippen MR) is 75.4 cm³/mol. The van der Waals surface area contributed by atoms with Gasteiger partial charge >= 0.3 is 6.09 Å². The first-order valence-electron chi connectivity index (χ1n) is 6.18. The summed E-state index contributed by atoms with van der Waals surface area (Å²) in [7, 11) is 0. The average molecular weight is 277 g/mol. The standard InChI is InChI=1S/C15H16FNO3/c1-15(2,3)20-14(19)17-11-8-9-6-4-5-7-10(9)13(18)12(11)16/h4-8,18H,1-3H3,(H,17,19). The Labute approximate surface area is 116 Å². The quantitative estimate of drug-likeness (QED) is 0.827. The molecule has 0 atom stereocenters. The van der Waals surface area contributed by atoms with Crippen molar-refractivity contribution in [2.24, 2.45) is 0 Å². The van der Waals surface area contributed by atoms with Crippen LogP contribution in [0.4, 0.5) is 14.9 Å². The maximum Gasteiger partial charge on any atom is 0.412 e. The number of fused-ring (bicyclic) bond motifs is 1.